The third-order valence-corrected chi connectivity index (χ3v) is 27.3. The van der Waals surface area contributed by atoms with E-state index in [4.69, 9.17) is 26.6 Å². The smallest absolute Gasteiger partial charge is 0.138 e. The van der Waals surface area contributed by atoms with Crippen molar-refractivity contribution in [3.05, 3.63) is 438 Å². The number of halogens is 1. The van der Waals surface area contributed by atoms with Gasteiger partial charge in [-0.3, -0.25) is 14.9 Å². The van der Waals surface area contributed by atoms with Crippen LogP contribution in [0.5, 0.6) is 11.5 Å². The summed E-state index contributed by atoms with van der Waals surface area (Å²) in [5.41, 5.74) is 36.5. The number of phenolic OH excluding ortho intramolecular Hbond substituents is 2. The Morgan fingerprint density at radius 3 is 0.938 bits per heavy atom. The van der Waals surface area contributed by atoms with Gasteiger partial charge in [-0.1, -0.05) is 445 Å². The maximum absolute atomic E-state index is 12.7. The summed E-state index contributed by atoms with van der Waals surface area (Å²) in [4.78, 5) is 22.6. The Balaban J connectivity index is 0.000000173. The Morgan fingerprint density at radius 2 is 0.531 bits per heavy atom. The SMILES string of the molecule is CC(C)(C)c1cc(-c2cc(-c3cc(C(C)(C)C)cc(C(C)(C)C)c3O)nc(N(c3cc(-c4ccccc4)cc(-c4cc(-c5ccccc5)ccn4)c3)c3ccccc3-c3ccccc3)c2)cc(C(C)(C)C)c1.CC(C)(C)c1cc(-c2cc(Cl)nc(-c3cc(C(C)(C)C)cc(C(C)(C)C)c3O)c2)cc(C(C)(C)C)c1.c1ccc(-c2cc(Nc3ccccc3-c3ccccc3)cc(-c3cc(-c4ccccc4)ccn3)c2)cc1. The van der Waals surface area contributed by atoms with Gasteiger partial charge < -0.3 is 15.5 Å². The van der Waals surface area contributed by atoms with Gasteiger partial charge in [0.1, 0.15) is 22.5 Å². The van der Waals surface area contributed by atoms with E-state index in [1.54, 1.807) is 0 Å². The van der Waals surface area contributed by atoms with Crippen LogP contribution in [0.4, 0.5) is 28.6 Å². The second-order valence-corrected chi connectivity index (χ2v) is 47.1. The number of aromatic nitrogens is 4. The summed E-state index contributed by atoms with van der Waals surface area (Å²) >= 11 is 6.63. The summed E-state index contributed by atoms with van der Waals surface area (Å²) in [6.45, 7) is 53.4. The van der Waals surface area contributed by atoms with E-state index in [2.05, 4.69) is 533 Å². The Hall–Kier alpha value is -14.8. The first-order chi connectivity index (χ1) is 68.6. The maximum Gasteiger partial charge on any atom is 0.138 e. The molecular formula is C136H139ClN6O2. The zero-order chi connectivity index (χ0) is 103. The van der Waals surface area contributed by atoms with Crippen molar-refractivity contribution < 1.29 is 10.2 Å². The molecule has 0 bridgehead atoms. The maximum atomic E-state index is 12.7. The van der Waals surface area contributed by atoms with Crippen LogP contribution >= 0.6 is 11.6 Å². The molecule has 145 heavy (non-hydrogen) atoms. The molecule has 0 saturated heterocycles. The van der Waals surface area contributed by atoms with Crippen molar-refractivity contribution in [3.8, 4) is 146 Å². The zero-order valence-corrected chi connectivity index (χ0v) is 89.7. The van der Waals surface area contributed by atoms with Gasteiger partial charge >= 0.3 is 0 Å². The molecule has 4 aromatic heterocycles. The fourth-order valence-electron chi connectivity index (χ4n) is 18.4. The molecule has 8 nitrogen and oxygen atoms in total. The first kappa shape index (κ1) is 103. The van der Waals surface area contributed by atoms with E-state index < -0.39 is 0 Å². The van der Waals surface area contributed by atoms with Gasteiger partial charge in [-0.2, -0.15) is 0 Å². The quantitative estimate of drug-likeness (QED) is 0.0774. The lowest BCUT2D eigenvalue weighted by Crippen LogP contribution is -2.17. The average Bonchev–Trinajstić information content (AvgIpc) is 0.773. The van der Waals surface area contributed by atoms with E-state index in [9.17, 15) is 10.2 Å². The van der Waals surface area contributed by atoms with Crippen LogP contribution in [0.25, 0.3) is 134 Å². The summed E-state index contributed by atoms with van der Waals surface area (Å²) < 4.78 is 0. The van der Waals surface area contributed by atoms with Gasteiger partial charge in [0.25, 0.3) is 0 Å². The molecule has 0 unspecified atom stereocenters. The summed E-state index contributed by atoms with van der Waals surface area (Å²) in [7, 11) is 0. The fourth-order valence-corrected chi connectivity index (χ4v) is 18.6. The molecule has 14 aromatic carbocycles. The average molecular weight is 1930 g/mol. The lowest BCUT2D eigenvalue weighted by atomic mass is 9.78. The number of rotatable bonds is 17. The normalized spacial score (nSPS) is 12.1. The number of hydrogen-bond donors (Lipinski definition) is 3. The molecule has 18 aromatic rings. The highest BCUT2D eigenvalue weighted by molar-refractivity contribution is 6.30. The van der Waals surface area contributed by atoms with Gasteiger partial charge in [0.15, 0.2) is 0 Å². The molecule has 0 spiro atoms. The number of phenols is 2. The number of para-hydroxylation sites is 2. The lowest BCUT2D eigenvalue weighted by molar-refractivity contribution is 0.445. The van der Waals surface area contributed by atoms with E-state index in [0.29, 0.717) is 27.9 Å². The number of nitrogens with zero attached hydrogens (tertiary/aromatic N) is 5. The second kappa shape index (κ2) is 41.9. The van der Waals surface area contributed by atoms with Crippen LogP contribution in [-0.4, -0.2) is 30.1 Å². The number of hydrogen-bond acceptors (Lipinski definition) is 8. The molecular weight excluding hydrogens is 1780 g/mol. The van der Waals surface area contributed by atoms with Crippen molar-refractivity contribution in [2.24, 2.45) is 0 Å². The third kappa shape index (κ3) is 24.6. The number of anilines is 5. The zero-order valence-electron chi connectivity index (χ0n) is 89.0. The van der Waals surface area contributed by atoms with Crippen LogP contribution in [0.2, 0.25) is 5.15 Å². The molecule has 0 saturated carbocycles. The Bertz CT molecular complexity index is 7580. The van der Waals surface area contributed by atoms with Gasteiger partial charge in [0.2, 0.25) is 0 Å². The molecule has 0 atom stereocenters. The lowest BCUT2D eigenvalue weighted by Gasteiger charge is -2.30. The molecule has 0 amide bonds. The summed E-state index contributed by atoms with van der Waals surface area (Å²) in [5, 5.41) is 28.2. The van der Waals surface area contributed by atoms with Crippen molar-refractivity contribution in [2.75, 3.05) is 10.2 Å². The summed E-state index contributed by atoms with van der Waals surface area (Å²) in [5.74, 6) is 1.23. The van der Waals surface area contributed by atoms with Crippen molar-refractivity contribution >= 4 is 40.2 Å². The Morgan fingerprint density at radius 1 is 0.228 bits per heavy atom. The number of benzene rings is 14. The van der Waals surface area contributed by atoms with Gasteiger partial charge in [-0.15, -0.1) is 0 Å². The van der Waals surface area contributed by atoms with Crippen LogP contribution < -0.4 is 10.2 Å². The van der Waals surface area contributed by atoms with Gasteiger partial charge in [0.05, 0.1) is 28.5 Å². The number of pyridine rings is 4. The number of aromatic hydroxyl groups is 2. The van der Waals surface area contributed by atoms with Crippen LogP contribution in [0, 0.1) is 0 Å². The minimum absolute atomic E-state index is 0.0105. The van der Waals surface area contributed by atoms with E-state index >= 15 is 0 Å². The third-order valence-electron chi connectivity index (χ3n) is 27.1. The highest BCUT2D eigenvalue weighted by Crippen LogP contribution is 2.51. The predicted molar refractivity (Wildman–Crippen MR) is 618 cm³/mol. The van der Waals surface area contributed by atoms with E-state index in [0.717, 1.165) is 140 Å². The van der Waals surface area contributed by atoms with E-state index in [1.165, 1.54) is 44.5 Å². The minimum atomic E-state index is -0.343. The van der Waals surface area contributed by atoms with Crippen LogP contribution in [0.15, 0.2) is 389 Å². The van der Waals surface area contributed by atoms with Gasteiger partial charge in [0, 0.05) is 74.0 Å². The van der Waals surface area contributed by atoms with Crippen molar-refractivity contribution in [2.45, 2.75) is 209 Å². The Kier molecular flexibility index (Phi) is 29.7. The minimum Gasteiger partial charge on any atom is -0.507 e. The highest BCUT2D eigenvalue weighted by Gasteiger charge is 2.33. The highest BCUT2D eigenvalue weighted by atomic mass is 35.5. The van der Waals surface area contributed by atoms with Gasteiger partial charge in [-0.25, -0.2) is 9.97 Å². The van der Waals surface area contributed by atoms with Crippen LogP contribution in [0.1, 0.15) is 211 Å². The Labute approximate surface area is 867 Å². The molecule has 3 N–H and O–H groups in total. The molecule has 0 aliphatic rings. The second-order valence-electron chi connectivity index (χ2n) is 46.7. The molecule has 4 heterocycles. The van der Waals surface area contributed by atoms with Crippen molar-refractivity contribution in [1.82, 2.24) is 19.9 Å². The molecule has 0 radical (unpaired) electrons. The molecule has 18 rings (SSSR count). The van der Waals surface area contributed by atoms with E-state index in [-0.39, 0.29) is 54.8 Å². The number of nitrogens with one attached hydrogen (secondary N) is 1. The van der Waals surface area contributed by atoms with Crippen molar-refractivity contribution in [1.29, 1.82) is 0 Å². The first-order valence-electron chi connectivity index (χ1n) is 50.7. The molecule has 732 valence electrons. The molecule has 9 heteroatoms. The first-order valence-corrected chi connectivity index (χ1v) is 51.1. The fraction of sp³-hybridized carbons (Fsp3) is 0.235. The topological polar surface area (TPSA) is 107 Å². The van der Waals surface area contributed by atoms with Crippen LogP contribution in [0.3, 0.4) is 0 Å². The van der Waals surface area contributed by atoms with Crippen molar-refractivity contribution in [3.63, 3.8) is 0 Å². The van der Waals surface area contributed by atoms with Crippen LogP contribution in [-0.2, 0) is 43.3 Å². The monoisotopic (exact) mass is 1920 g/mol. The van der Waals surface area contributed by atoms with E-state index in [1.807, 2.05) is 36.7 Å². The largest absolute Gasteiger partial charge is 0.507 e. The standard InChI is InChI=1S/C68H69N3O.C35H26N2.C33H44ClNO/c1-65(2,3)53-35-50(36-54(42-53)66(4,5)6)51-40-61(58-43-55(67(7,8)9)44-59(64(58)72)68(10,11)12)70-63(41-51)71(62-31-23-22-30-57(62)47-28-20-15-21-29-47)56-37-49(46-26-18-14-19-27-46)34-52(38-56)60-39-48(32-33-69-60)45-24-16-13-17-25-45;1-4-12-26(13-5-1)29-20-21-36-35(25-29)31-22-30(27-14-6-2-7-15-27)23-32(24-31)37-34-19-11-10-18-33(34)28-16-8-3-9-17-28;1-30(2,3)22-13-20(14-23(17-22)31(4,5)6)21-15-27(35-28(34)16-21)25-18-24(32(7,8)9)19-26(29(25)36)33(10,11)12/h13-44,72H,1-12H3;1-25,37H;13-19,36H,1-12H3. The summed E-state index contributed by atoms with van der Waals surface area (Å²) in [6, 6.07) is 133. The molecule has 0 aliphatic heterocycles. The summed E-state index contributed by atoms with van der Waals surface area (Å²) in [6.07, 6.45) is 3.80. The predicted octanol–water partition coefficient (Wildman–Crippen LogP) is 38.3. The molecule has 0 aliphatic carbocycles. The van der Waals surface area contributed by atoms with Gasteiger partial charge in [-0.05, 0) is 264 Å². The molecule has 0 fully saturated rings.